The third-order valence-corrected chi connectivity index (χ3v) is 5.86. The molecule has 10 heteroatoms. The molecule has 0 aliphatic carbocycles. The van der Waals surface area contributed by atoms with Gasteiger partial charge in [-0.05, 0) is 55.8 Å². The van der Waals surface area contributed by atoms with Gasteiger partial charge in [-0.15, -0.1) is 0 Å². The van der Waals surface area contributed by atoms with Gasteiger partial charge in [0.1, 0.15) is 5.75 Å². The summed E-state index contributed by atoms with van der Waals surface area (Å²) >= 11 is 0. The van der Waals surface area contributed by atoms with E-state index in [0.29, 0.717) is 30.1 Å². The third-order valence-electron chi connectivity index (χ3n) is 5.86. The second-order valence-electron chi connectivity index (χ2n) is 7.94. The zero-order valence-electron chi connectivity index (χ0n) is 19.2. The maximum Gasteiger partial charge on any atom is 0.415 e. The molecule has 1 amide bonds. The molecule has 36 heavy (non-hydrogen) atoms. The van der Waals surface area contributed by atoms with E-state index in [0.717, 1.165) is 12.1 Å². The number of benzene rings is 3. The highest BCUT2D eigenvalue weighted by Gasteiger charge is 2.22. The molecule has 0 atom stereocenters. The number of hydrogen-bond donors (Lipinski definition) is 0. The summed E-state index contributed by atoms with van der Waals surface area (Å²) < 4.78 is 89.8. The fraction of sp³-hybridized carbons (Fsp3) is 0.192. The first-order valence-electron chi connectivity index (χ1n) is 11.0. The Labute approximate surface area is 202 Å². The lowest BCUT2D eigenvalue weighted by Crippen LogP contribution is -2.33. The minimum atomic E-state index is -1.92. The van der Waals surface area contributed by atoms with Gasteiger partial charge >= 0.3 is 6.09 Å². The molecule has 4 nitrogen and oxygen atoms in total. The van der Waals surface area contributed by atoms with E-state index in [9.17, 15) is 31.1 Å². The van der Waals surface area contributed by atoms with Gasteiger partial charge in [-0.1, -0.05) is 6.07 Å². The predicted octanol–water partition coefficient (Wildman–Crippen LogP) is 7.03. The lowest BCUT2D eigenvalue weighted by molar-refractivity contribution is 0.157. The molecular formula is C26H20F6N2O2. The number of amides is 1. The van der Waals surface area contributed by atoms with E-state index >= 15 is 0 Å². The van der Waals surface area contributed by atoms with Crippen LogP contribution in [0.2, 0.25) is 0 Å². The van der Waals surface area contributed by atoms with E-state index in [4.69, 9.17) is 4.74 Å². The lowest BCUT2D eigenvalue weighted by atomic mass is 10.00. The maximum atomic E-state index is 14.3. The van der Waals surface area contributed by atoms with E-state index in [-0.39, 0.29) is 23.4 Å². The molecule has 0 aliphatic rings. The molecular weight excluding hydrogens is 486 g/mol. The number of hydrogen-bond acceptors (Lipinski definition) is 2. The number of carbonyl (C=O) groups excluding carboxylic acids is 1. The first-order chi connectivity index (χ1) is 17.2. The van der Waals surface area contributed by atoms with Crippen molar-refractivity contribution in [2.45, 2.75) is 20.4 Å². The van der Waals surface area contributed by atoms with Crippen LogP contribution >= 0.6 is 0 Å². The standard InChI is InChI=1S/C26H20F6N2O2/c1-3-33(4-2)26(35)36-21-8-7-20-16(22(21)14-5-6-17(27)18(28)11-14)9-10-34(20)13-15-12-19(29)24(31)25(32)23(15)30/h5-12H,3-4,13H2,1-2H3. The third kappa shape index (κ3) is 4.50. The quantitative estimate of drug-likeness (QED) is 0.160. The Hall–Kier alpha value is -3.95. The van der Waals surface area contributed by atoms with Crippen LogP contribution in [0.3, 0.4) is 0 Å². The van der Waals surface area contributed by atoms with Crippen molar-refractivity contribution in [3.63, 3.8) is 0 Å². The zero-order valence-corrected chi connectivity index (χ0v) is 19.2. The van der Waals surface area contributed by atoms with Gasteiger partial charge in [0.15, 0.2) is 34.9 Å². The molecule has 1 heterocycles. The summed E-state index contributed by atoms with van der Waals surface area (Å²) in [5.41, 5.74) is 0.421. The van der Waals surface area contributed by atoms with Crippen molar-refractivity contribution in [1.29, 1.82) is 0 Å². The van der Waals surface area contributed by atoms with Crippen LogP contribution in [0.25, 0.3) is 22.0 Å². The highest BCUT2D eigenvalue weighted by atomic mass is 19.2. The van der Waals surface area contributed by atoms with E-state index in [1.165, 1.54) is 33.9 Å². The van der Waals surface area contributed by atoms with Crippen molar-refractivity contribution >= 4 is 17.0 Å². The van der Waals surface area contributed by atoms with E-state index in [1.807, 2.05) is 0 Å². The number of aromatic nitrogens is 1. The number of rotatable bonds is 6. The first kappa shape index (κ1) is 25.2. The van der Waals surface area contributed by atoms with Gasteiger partial charge in [-0.2, -0.15) is 0 Å². The van der Waals surface area contributed by atoms with Crippen molar-refractivity contribution in [3.8, 4) is 16.9 Å². The predicted molar refractivity (Wildman–Crippen MR) is 122 cm³/mol. The summed E-state index contributed by atoms with van der Waals surface area (Å²) in [5, 5.41) is 0.411. The van der Waals surface area contributed by atoms with Crippen LogP contribution in [0.15, 0.2) is 48.7 Å². The van der Waals surface area contributed by atoms with Crippen LogP contribution in [0.4, 0.5) is 31.1 Å². The highest BCUT2D eigenvalue weighted by Crippen LogP contribution is 2.39. The molecule has 0 N–H and O–H groups in total. The van der Waals surface area contributed by atoms with Crippen LogP contribution < -0.4 is 4.74 Å². The Morgan fingerprint density at radius 3 is 2.22 bits per heavy atom. The highest BCUT2D eigenvalue weighted by molar-refractivity contribution is 5.99. The molecule has 0 fully saturated rings. The number of fused-ring (bicyclic) bond motifs is 1. The van der Waals surface area contributed by atoms with Crippen LogP contribution in [0.5, 0.6) is 5.75 Å². The van der Waals surface area contributed by atoms with Crippen molar-refractivity contribution in [1.82, 2.24) is 9.47 Å². The topological polar surface area (TPSA) is 34.5 Å². The van der Waals surface area contributed by atoms with Gasteiger partial charge in [0.05, 0.1) is 6.54 Å². The Morgan fingerprint density at radius 1 is 0.833 bits per heavy atom. The van der Waals surface area contributed by atoms with Gasteiger partial charge in [0, 0.05) is 41.3 Å². The SMILES string of the molecule is CCN(CC)C(=O)Oc1ccc2c(ccn2Cc2cc(F)c(F)c(F)c2F)c1-c1ccc(F)c(F)c1. The molecule has 0 saturated heterocycles. The molecule has 0 saturated carbocycles. The number of halogens is 6. The van der Waals surface area contributed by atoms with Crippen LogP contribution in [-0.2, 0) is 6.54 Å². The monoisotopic (exact) mass is 506 g/mol. The fourth-order valence-electron chi connectivity index (χ4n) is 3.99. The summed E-state index contributed by atoms with van der Waals surface area (Å²) in [6.07, 6.45) is 0.824. The summed E-state index contributed by atoms with van der Waals surface area (Å²) in [6.45, 7) is 3.93. The van der Waals surface area contributed by atoms with E-state index < -0.39 is 46.6 Å². The second-order valence-corrected chi connectivity index (χ2v) is 7.94. The number of nitrogens with zero attached hydrogens (tertiary/aromatic N) is 2. The van der Waals surface area contributed by atoms with Gasteiger partial charge in [0.2, 0.25) is 0 Å². The van der Waals surface area contributed by atoms with Gasteiger partial charge < -0.3 is 14.2 Å². The van der Waals surface area contributed by atoms with Crippen molar-refractivity contribution in [2.75, 3.05) is 13.1 Å². The summed E-state index contributed by atoms with van der Waals surface area (Å²) in [7, 11) is 0. The molecule has 0 aliphatic heterocycles. The lowest BCUT2D eigenvalue weighted by Gasteiger charge is -2.20. The molecule has 0 bridgehead atoms. The molecule has 4 aromatic rings. The summed E-state index contributed by atoms with van der Waals surface area (Å²) in [5.74, 6) is -9.02. The number of ether oxygens (including phenoxy) is 1. The average Bonchev–Trinajstić information content (AvgIpc) is 3.26. The molecule has 188 valence electrons. The van der Waals surface area contributed by atoms with Crippen molar-refractivity contribution in [3.05, 3.63) is 89.1 Å². The smallest absolute Gasteiger partial charge is 0.410 e. The molecule has 0 radical (unpaired) electrons. The summed E-state index contributed by atoms with van der Waals surface area (Å²) in [4.78, 5) is 14.0. The van der Waals surface area contributed by atoms with Gasteiger partial charge in [-0.25, -0.2) is 31.1 Å². The number of carbonyl (C=O) groups is 1. The van der Waals surface area contributed by atoms with Crippen LogP contribution in [-0.4, -0.2) is 28.6 Å². The van der Waals surface area contributed by atoms with Gasteiger partial charge in [0.25, 0.3) is 0 Å². The Balaban J connectivity index is 1.86. The average molecular weight is 506 g/mol. The molecule has 3 aromatic carbocycles. The van der Waals surface area contributed by atoms with Gasteiger partial charge in [-0.3, -0.25) is 0 Å². The summed E-state index contributed by atoms with van der Waals surface area (Å²) in [6, 6.07) is 8.25. The second kappa shape index (κ2) is 9.96. The maximum absolute atomic E-state index is 14.3. The van der Waals surface area contributed by atoms with Crippen molar-refractivity contribution in [2.24, 2.45) is 0 Å². The molecule has 1 aromatic heterocycles. The first-order valence-corrected chi connectivity index (χ1v) is 11.0. The molecule has 0 unspecified atom stereocenters. The Bertz CT molecular complexity index is 1460. The Morgan fingerprint density at radius 2 is 1.56 bits per heavy atom. The van der Waals surface area contributed by atoms with Crippen LogP contribution in [0.1, 0.15) is 19.4 Å². The molecule has 0 spiro atoms. The van der Waals surface area contributed by atoms with E-state index in [1.54, 1.807) is 19.9 Å². The van der Waals surface area contributed by atoms with Crippen LogP contribution in [0, 0.1) is 34.9 Å². The van der Waals surface area contributed by atoms with Crippen molar-refractivity contribution < 1.29 is 35.9 Å². The fourth-order valence-corrected chi connectivity index (χ4v) is 3.99. The van der Waals surface area contributed by atoms with E-state index in [2.05, 4.69) is 0 Å². The minimum absolute atomic E-state index is 0.0632. The largest absolute Gasteiger partial charge is 0.415 e. The zero-order chi connectivity index (χ0) is 26.1. The molecule has 4 rings (SSSR count). The Kier molecular flexibility index (Phi) is 6.96. The normalized spacial score (nSPS) is 11.2. The minimum Gasteiger partial charge on any atom is -0.410 e.